The second kappa shape index (κ2) is 7.57. The number of benzene rings is 1. The summed E-state index contributed by atoms with van der Waals surface area (Å²) in [4.78, 5) is 14.8. The molecule has 2 aromatic heterocycles. The van der Waals surface area contributed by atoms with Crippen LogP contribution in [0.5, 0.6) is 11.6 Å². The van der Waals surface area contributed by atoms with Crippen LogP contribution in [0.2, 0.25) is 0 Å². The van der Waals surface area contributed by atoms with Gasteiger partial charge in [-0.3, -0.25) is 4.79 Å². The van der Waals surface area contributed by atoms with Gasteiger partial charge in [0.05, 0.1) is 12.0 Å². The normalized spacial score (nSPS) is 11.6. The molecule has 9 heteroatoms. The fourth-order valence-corrected chi connectivity index (χ4v) is 3.74. The lowest BCUT2D eigenvalue weighted by molar-refractivity contribution is -0.113. The zero-order valence-corrected chi connectivity index (χ0v) is 15.6. The van der Waals surface area contributed by atoms with Gasteiger partial charge in [0.15, 0.2) is 0 Å². The first-order valence-corrected chi connectivity index (χ1v) is 9.50. The minimum Gasteiger partial charge on any atom is -0.507 e. The lowest BCUT2D eigenvalue weighted by Crippen LogP contribution is -2.10. The molecule has 0 unspecified atom stereocenters. The van der Waals surface area contributed by atoms with E-state index in [1.54, 1.807) is 12.1 Å². The van der Waals surface area contributed by atoms with Crippen LogP contribution in [0.1, 0.15) is 5.56 Å². The van der Waals surface area contributed by atoms with Gasteiger partial charge >= 0.3 is 0 Å². The molecule has 3 aromatic rings. The van der Waals surface area contributed by atoms with Gasteiger partial charge in [-0.25, -0.2) is 17.4 Å². The number of aromatic hydroxyl groups is 1. The van der Waals surface area contributed by atoms with Gasteiger partial charge in [-0.05, 0) is 35.9 Å². The number of carbonyl (C=O) groups excluding carboxylic acids is 1. The fourth-order valence-electron chi connectivity index (χ4n) is 2.52. The Morgan fingerprint density at radius 1 is 1.25 bits per heavy atom. The molecule has 144 valence electrons. The summed E-state index contributed by atoms with van der Waals surface area (Å²) in [6, 6.07) is 8.94. The molecule has 0 bridgehead atoms. The molecule has 0 atom stereocenters. The van der Waals surface area contributed by atoms with E-state index in [2.05, 4.69) is 4.98 Å². The highest BCUT2D eigenvalue weighted by Crippen LogP contribution is 2.32. The van der Waals surface area contributed by atoms with Gasteiger partial charge in [-0.1, -0.05) is 0 Å². The van der Waals surface area contributed by atoms with Crippen LogP contribution >= 0.6 is 0 Å². The van der Waals surface area contributed by atoms with Gasteiger partial charge in [0.2, 0.25) is 11.8 Å². The van der Waals surface area contributed by atoms with Gasteiger partial charge < -0.3 is 15.6 Å². The van der Waals surface area contributed by atoms with Crippen molar-refractivity contribution in [1.29, 1.82) is 0 Å². The van der Waals surface area contributed by atoms with Crippen LogP contribution in [0.4, 0.5) is 0 Å². The van der Waals surface area contributed by atoms with Crippen molar-refractivity contribution in [2.45, 2.75) is 4.90 Å². The van der Waals surface area contributed by atoms with Gasteiger partial charge in [0, 0.05) is 47.9 Å². The molecule has 0 aliphatic rings. The van der Waals surface area contributed by atoms with Gasteiger partial charge in [-0.2, -0.15) is 0 Å². The van der Waals surface area contributed by atoms with Crippen LogP contribution in [-0.4, -0.2) is 35.5 Å². The zero-order valence-electron chi connectivity index (χ0n) is 14.8. The van der Waals surface area contributed by atoms with Gasteiger partial charge in [0.25, 0.3) is 10.0 Å². The summed E-state index contributed by atoms with van der Waals surface area (Å²) in [7, 11) is -2.42. The standard InChI is InChI=1S/C19H17N3O5S/c1-27-19-7-3-14(11-21-19)16-5-4-15(10-17(16)23)28(25,26)22-9-8-13(12-22)2-6-18(20)24/h2-12,23H,1H3,(H2,20,24)/b6-2+. The van der Waals surface area contributed by atoms with E-state index in [1.165, 1.54) is 56.0 Å². The number of hydrogen-bond donors (Lipinski definition) is 2. The van der Waals surface area contributed by atoms with Gasteiger partial charge in [0.1, 0.15) is 5.75 Å². The Morgan fingerprint density at radius 3 is 2.64 bits per heavy atom. The van der Waals surface area contributed by atoms with Crippen molar-refractivity contribution >= 4 is 22.0 Å². The van der Waals surface area contributed by atoms with Crippen LogP contribution in [-0.2, 0) is 14.8 Å². The Hall–Kier alpha value is -3.59. The predicted molar refractivity (Wildman–Crippen MR) is 103 cm³/mol. The van der Waals surface area contributed by atoms with Gasteiger partial charge in [-0.15, -0.1) is 0 Å². The number of phenolic OH excluding ortho intramolecular Hbond substituents is 1. The molecule has 0 saturated carbocycles. The Balaban J connectivity index is 1.93. The Bertz CT molecular complexity index is 1150. The number of hydrogen-bond acceptors (Lipinski definition) is 6. The monoisotopic (exact) mass is 399 g/mol. The number of pyridine rings is 1. The predicted octanol–water partition coefficient (Wildman–Crippen LogP) is 2.00. The minimum absolute atomic E-state index is 0.0868. The molecule has 0 saturated heterocycles. The van der Waals surface area contributed by atoms with Crippen LogP contribution < -0.4 is 10.5 Å². The number of nitrogens with zero attached hydrogens (tertiary/aromatic N) is 2. The van der Waals surface area contributed by atoms with E-state index in [0.29, 0.717) is 22.6 Å². The lowest BCUT2D eigenvalue weighted by atomic mass is 10.1. The van der Waals surface area contributed by atoms with Crippen molar-refractivity contribution < 1.29 is 23.1 Å². The van der Waals surface area contributed by atoms with Crippen molar-refractivity contribution in [3.05, 3.63) is 66.6 Å². The zero-order chi connectivity index (χ0) is 20.3. The number of carbonyl (C=O) groups is 1. The highest BCUT2D eigenvalue weighted by Gasteiger charge is 2.19. The van der Waals surface area contributed by atoms with Crippen LogP contribution in [0.3, 0.4) is 0 Å². The van der Waals surface area contributed by atoms with E-state index in [-0.39, 0.29) is 10.6 Å². The first kappa shape index (κ1) is 19.2. The van der Waals surface area contributed by atoms with Crippen molar-refractivity contribution in [1.82, 2.24) is 8.96 Å². The largest absolute Gasteiger partial charge is 0.507 e. The first-order chi connectivity index (χ1) is 13.3. The molecular formula is C19H17N3O5S. The third-order valence-corrected chi connectivity index (χ3v) is 5.56. The van der Waals surface area contributed by atoms with E-state index in [4.69, 9.17) is 10.5 Å². The molecule has 8 nitrogen and oxygen atoms in total. The summed E-state index contributed by atoms with van der Waals surface area (Å²) in [6.07, 6.45) is 6.74. The van der Waals surface area contributed by atoms with Crippen molar-refractivity contribution in [3.8, 4) is 22.8 Å². The number of phenols is 1. The molecule has 0 aliphatic carbocycles. The molecule has 3 N–H and O–H groups in total. The summed E-state index contributed by atoms with van der Waals surface area (Å²) < 4.78 is 31.5. The number of rotatable bonds is 6. The maximum Gasteiger partial charge on any atom is 0.267 e. The summed E-state index contributed by atoms with van der Waals surface area (Å²) >= 11 is 0. The summed E-state index contributed by atoms with van der Waals surface area (Å²) in [6.45, 7) is 0. The average molecular weight is 399 g/mol. The first-order valence-electron chi connectivity index (χ1n) is 8.06. The summed E-state index contributed by atoms with van der Waals surface area (Å²) in [5.41, 5.74) is 6.57. The van der Waals surface area contributed by atoms with Crippen molar-refractivity contribution in [2.75, 3.05) is 7.11 Å². The Kier molecular flexibility index (Phi) is 5.18. The SMILES string of the molecule is COc1ccc(-c2ccc(S(=O)(=O)n3ccc(/C=C/C(N)=O)c3)cc2O)cn1. The van der Waals surface area contributed by atoms with E-state index in [1.807, 2.05) is 0 Å². The molecule has 1 aromatic carbocycles. The molecule has 2 heterocycles. The molecule has 1 amide bonds. The van der Waals surface area contributed by atoms with Crippen LogP contribution in [0.25, 0.3) is 17.2 Å². The average Bonchev–Trinajstić information content (AvgIpc) is 3.16. The fraction of sp³-hybridized carbons (Fsp3) is 0.0526. The maximum absolute atomic E-state index is 12.8. The molecular weight excluding hydrogens is 382 g/mol. The number of aromatic nitrogens is 2. The van der Waals surface area contributed by atoms with E-state index in [0.717, 1.165) is 10.0 Å². The summed E-state index contributed by atoms with van der Waals surface area (Å²) in [5.74, 6) is -0.408. The molecule has 0 spiro atoms. The third kappa shape index (κ3) is 3.89. The van der Waals surface area contributed by atoms with Crippen LogP contribution in [0.15, 0.2) is 66.0 Å². The smallest absolute Gasteiger partial charge is 0.267 e. The highest BCUT2D eigenvalue weighted by molar-refractivity contribution is 7.90. The Morgan fingerprint density at radius 2 is 2.04 bits per heavy atom. The quantitative estimate of drug-likeness (QED) is 0.611. The van der Waals surface area contributed by atoms with E-state index >= 15 is 0 Å². The van der Waals surface area contributed by atoms with E-state index < -0.39 is 15.9 Å². The van der Waals surface area contributed by atoms with E-state index in [9.17, 15) is 18.3 Å². The molecule has 0 fully saturated rings. The Labute approximate surface area is 161 Å². The maximum atomic E-state index is 12.8. The molecule has 28 heavy (non-hydrogen) atoms. The van der Waals surface area contributed by atoms with Crippen molar-refractivity contribution in [2.24, 2.45) is 5.73 Å². The molecule has 0 radical (unpaired) electrons. The number of nitrogens with two attached hydrogens (primary N) is 1. The lowest BCUT2D eigenvalue weighted by Gasteiger charge is -2.09. The number of methoxy groups -OCH3 is 1. The number of primary amides is 1. The second-order valence-electron chi connectivity index (χ2n) is 5.78. The topological polar surface area (TPSA) is 125 Å². The van der Waals surface area contributed by atoms with Crippen LogP contribution in [0, 0.1) is 0 Å². The molecule has 0 aliphatic heterocycles. The number of ether oxygens (including phenoxy) is 1. The highest BCUT2D eigenvalue weighted by atomic mass is 32.2. The number of amides is 1. The third-order valence-electron chi connectivity index (χ3n) is 3.93. The van der Waals surface area contributed by atoms with Crippen molar-refractivity contribution in [3.63, 3.8) is 0 Å². The second-order valence-corrected chi connectivity index (χ2v) is 7.63. The molecule has 3 rings (SSSR count). The summed E-state index contributed by atoms with van der Waals surface area (Å²) in [5, 5.41) is 10.3. The minimum atomic E-state index is -3.92.